The predicted molar refractivity (Wildman–Crippen MR) is 309 cm³/mol. The number of fused-ring (bicyclic) bond motifs is 6. The first-order valence-corrected chi connectivity index (χ1v) is 30.1. The summed E-state index contributed by atoms with van der Waals surface area (Å²) in [6.07, 6.45) is 3.75. The molecule has 78 heavy (non-hydrogen) atoms. The second kappa shape index (κ2) is 24.2. The highest BCUT2D eigenvalue weighted by atomic mass is 33.1. The summed E-state index contributed by atoms with van der Waals surface area (Å²) in [5.74, 6) is 1.04. The van der Waals surface area contributed by atoms with Crippen LogP contribution in [0.25, 0.3) is 0 Å². The van der Waals surface area contributed by atoms with Gasteiger partial charge in [-0.25, -0.2) is 0 Å². The number of rotatable bonds is 21. The molecule has 0 aliphatic carbocycles. The SMILES string of the molecule is CC=NCC(=O)C(CCSSC(C)(C)CCC(=O)Nc1cc(COc2cc3c(cc2C)C(=O)N2Cc4ccccc4C[C@H]2CN3C)cc(COc2cc3c(cc2OC)C(=O)N2Cc4ccccc4C[C@H]2CN3)c1)S(=O)(=O)OC. The number of methoxy groups -OCH3 is 1. The Hall–Kier alpha value is -6.54. The van der Waals surface area contributed by atoms with Gasteiger partial charge in [0, 0.05) is 68.0 Å². The minimum atomic E-state index is -4.09. The molecular weight excluding hydrogens is 1050 g/mol. The number of amides is 3. The van der Waals surface area contributed by atoms with E-state index < -0.39 is 21.2 Å². The highest BCUT2D eigenvalue weighted by molar-refractivity contribution is 8.77. The Morgan fingerprint density at radius 1 is 0.833 bits per heavy atom. The summed E-state index contributed by atoms with van der Waals surface area (Å²) in [7, 11) is 3.50. The Balaban J connectivity index is 0.910. The van der Waals surface area contributed by atoms with Crippen LogP contribution in [0.1, 0.15) is 99.7 Å². The number of carbonyl (C=O) groups is 4. The van der Waals surface area contributed by atoms with Crippen LogP contribution in [0.4, 0.5) is 17.1 Å². The third-order valence-corrected chi connectivity index (χ3v) is 20.0. The zero-order valence-corrected chi connectivity index (χ0v) is 47.7. The van der Waals surface area contributed by atoms with Crippen molar-refractivity contribution in [2.75, 3.05) is 62.2 Å². The van der Waals surface area contributed by atoms with Crippen molar-refractivity contribution in [3.63, 3.8) is 0 Å². The molecule has 4 heterocycles. The van der Waals surface area contributed by atoms with E-state index >= 15 is 0 Å². The molecule has 4 aliphatic heterocycles. The van der Waals surface area contributed by atoms with Crippen LogP contribution in [0.2, 0.25) is 0 Å². The number of hydrogen-bond donors (Lipinski definition) is 2. The van der Waals surface area contributed by atoms with E-state index in [1.807, 2.05) is 92.2 Å². The van der Waals surface area contributed by atoms with Crippen LogP contribution >= 0.6 is 21.6 Å². The molecule has 0 fully saturated rings. The van der Waals surface area contributed by atoms with Crippen molar-refractivity contribution >= 4 is 78.5 Å². The van der Waals surface area contributed by atoms with Crippen molar-refractivity contribution in [3.8, 4) is 17.2 Å². The number of benzene rings is 5. The minimum Gasteiger partial charge on any atom is -0.493 e. The van der Waals surface area contributed by atoms with Gasteiger partial charge in [-0.3, -0.25) is 28.4 Å². The lowest BCUT2D eigenvalue weighted by atomic mass is 9.93. The fourth-order valence-corrected chi connectivity index (χ4v) is 14.5. The van der Waals surface area contributed by atoms with Gasteiger partial charge in [-0.2, -0.15) is 8.42 Å². The number of aliphatic imine (C=N–C) groups is 1. The first-order valence-electron chi connectivity index (χ1n) is 26.3. The summed E-state index contributed by atoms with van der Waals surface area (Å²) in [6, 6.07) is 29.7. The fraction of sp³-hybridized carbons (Fsp3) is 0.407. The van der Waals surface area contributed by atoms with Crippen molar-refractivity contribution in [2.24, 2.45) is 4.99 Å². The number of Topliss-reactive ketones (excluding diaryl/α,β-unsaturated/α-hetero) is 1. The van der Waals surface area contributed by atoms with Gasteiger partial charge in [-0.1, -0.05) is 70.1 Å². The van der Waals surface area contributed by atoms with Gasteiger partial charge in [0.2, 0.25) is 5.91 Å². The van der Waals surface area contributed by atoms with Crippen molar-refractivity contribution < 1.29 is 46.0 Å². The first-order chi connectivity index (χ1) is 37.4. The van der Waals surface area contributed by atoms with Crippen molar-refractivity contribution in [1.82, 2.24) is 9.80 Å². The highest BCUT2D eigenvalue weighted by Gasteiger charge is 2.38. The Morgan fingerprint density at radius 3 is 2.12 bits per heavy atom. The number of hydrogen-bond acceptors (Lipinski definition) is 15. The molecule has 0 saturated heterocycles. The van der Waals surface area contributed by atoms with Gasteiger partial charge in [0.05, 0.1) is 55.3 Å². The molecule has 412 valence electrons. The lowest BCUT2D eigenvalue weighted by Crippen LogP contribution is -2.47. The van der Waals surface area contributed by atoms with Crippen LogP contribution in [-0.4, -0.2) is 117 Å². The van der Waals surface area contributed by atoms with Crippen LogP contribution in [0, 0.1) is 6.92 Å². The van der Waals surface area contributed by atoms with Crippen molar-refractivity contribution in [3.05, 3.63) is 141 Å². The molecule has 0 aromatic heterocycles. The molecule has 19 heteroatoms. The molecule has 4 aliphatic rings. The van der Waals surface area contributed by atoms with Gasteiger partial charge in [-0.15, -0.1) is 0 Å². The summed E-state index contributed by atoms with van der Waals surface area (Å²) in [5.41, 5.74) is 10.3. The van der Waals surface area contributed by atoms with E-state index in [9.17, 15) is 27.6 Å². The zero-order valence-electron chi connectivity index (χ0n) is 45.3. The van der Waals surface area contributed by atoms with E-state index in [-0.39, 0.29) is 67.2 Å². The summed E-state index contributed by atoms with van der Waals surface area (Å²) in [4.78, 5) is 64.9. The van der Waals surface area contributed by atoms with Crippen LogP contribution in [0.5, 0.6) is 17.2 Å². The predicted octanol–water partition coefficient (Wildman–Crippen LogP) is 9.44. The molecule has 5 aromatic rings. The largest absolute Gasteiger partial charge is 0.493 e. The van der Waals surface area contributed by atoms with Gasteiger partial charge >= 0.3 is 0 Å². The number of nitrogens with zero attached hydrogens (tertiary/aromatic N) is 4. The maximum absolute atomic E-state index is 14.2. The number of nitrogens with one attached hydrogen (secondary N) is 2. The standard InChI is InChI=1S/C59H68N6O10S3/c1-8-60-31-51(66)55(78(70,71)73-7)18-20-76-77-59(3,4)19-17-56(67)62-44-23-38(35-74-52-29-50-48(21-37(52)2)58(69)65-33-43-16-12-10-14-41(43)26-46(65)34-63(50)5)22-39(24-44)36-75-54-28-49-47(27-53(54)72-6)57(68)64-32-42-15-11-9-13-40(42)25-45(64)30-61-49/h8-16,21-24,27-29,45-46,55,61H,17-20,25-26,30-36H2,1-7H3,(H,62,67)/t45-,46-,55?/m0/s1. The number of ketones is 1. The van der Waals surface area contributed by atoms with E-state index in [0.29, 0.717) is 78.1 Å². The van der Waals surface area contributed by atoms with E-state index in [0.717, 1.165) is 47.9 Å². The summed E-state index contributed by atoms with van der Waals surface area (Å²) in [5, 5.41) is 5.32. The number of ether oxygens (including phenoxy) is 3. The molecule has 5 aromatic carbocycles. The van der Waals surface area contributed by atoms with Crippen LogP contribution in [0.3, 0.4) is 0 Å². The monoisotopic (exact) mass is 1120 g/mol. The number of likely N-dealkylation sites (N-methyl/N-ethyl adjacent to an activating group) is 1. The molecule has 0 bridgehead atoms. The molecule has 0 saturated carbocycles. The maximum atomic E-state index is 14.2. The Kier molecular flexibility index (Phi) is 17.5. The van der Waals surface area contributed by atoms with Gasteiger partial charge in [0.25, 0.3) is 21.9 Å². The van der Waals surface area contributed by atoms with E-state index in [1.54, 1.807) is 20.1 Å². The Morgan fingerprint density at radius 2 is 1.46 bits per heavy atom. The fourth-order valence-electron chi connectivity index (χ4n) is 10.6. The quantitative estimate of drug-likeness (QED) is 0.0306. The van der Waals surface area contributed by atoms with Gasteiger partial charge < -0.3 is 39.5 Å². The van der Waals surface area contributed by atoms with Gasteiger partial charge in [-0.05, 0) is 129 Å². The molecule has 16 nitrogen and oxygen atoms in total. The second-order valence-electron chi connectivity index (χ2n) is 20.9. The molecular formula is C59H68N6O10S3. The molecule has 9 rings (SSSR count). The third-order valence-electron chi connectivity index (χ3n) is 14.9. The molecule has 0 spiro atoms. The third kappa shape index (κ3) is 12.8. The second-order valence-corrected chi connectivity index (χ2v) is 25.9. The first kappa shape index (κ1) is 56.2. The van der Waals surface area contributed by atoms with E-state index in [2.05, 4.69) is 50.9 Å². The molecule has 3 atom stereocenters. The van der Waals surface area contributed by atoms with Crippen LogP contribution in [0.15, 0.2) is 96.0 Å². The van der Waals surface area contributed by atoms with E-state index in [1.165, 1.54) is 44.5 Å². The normalized spacial score (nSPS) is 17.3. The molecule has 2 N–H and O–H groups in total. The Labute approximate surface area is 465 Å². The average Bonchev–Trinajstić information content (AvgIpc) is 3.77. The summed E-state index contributed by atoms with van der Waals surface area (Å²) < 4.78 is 48.5. The number of carbonyl (C=O) groups excluding carboxylic acids is 4. The molecule has 3 amide bonds. The topological polar surface area (TPSA) is 185 Å². The van der Waals surface area contributed by atoms with Gasteiger partial charge in [0.15, 0.2) is 17.3 Å². The lowest BCUT2D eigenvalue weighted by Gasteiger charge is -2.36. The summed E-state index contributed by atoms with van der Waals surface area (Å²) in [6.45, 7) is 9.96. The number of aryl methyl sites for hydroxylation is 1. The zero-order chi connectivity index (χ0) is 55.3. The Bertz CT molecular complexity index is 3240. The summed E-state index contributed by atoms with van der Waals surface area (Å²) >= 11 is 0. The maximum Gasteiger partial charge on any atom is 0.277 e. The number of anilines is 3. The smallest absolute Gasteiger partial charge is 0.277 e. The molecule has 1 unspecified atom stereocenters. The van der Waals surface area contributed by atoms with Gasteiger partial charge in [0.1, 0.15) is 24.2 Å². The minimum absolute atomic E-state index is 0.00292. The van der Waals surface area contributed by atoms with E-state index in [4.69, 9.17) is 18.4 Å². The van der Waals surface area contributed by atoms with Crippen LogP contribution in [-0.2, 0) is 63.0 Å². The van der Waals surface area contributed by atoms with Crippen molar-refractivity contribution in [1.29, 1.82) is 0 Å². The van der Waals surface area contributed by atoms with Crippen molar-refractivity contribution in [2.45, 2.75) is 108 Å². The highest BCUT2D eigenvalue weighted by Crippen LogP contribution is 2.42. The van der Waals surface area contributed by atoms with Crippen LogP contribution < -0.4 is 29.7 Å². The lowest BCUT2D eigenvalue weighted by molar-refractivity contribution is -0.117. The average molecular weight is 1120 g/mol. The molecule has 0 radical (unpaired) electrons.